The monoisotopic (exact) mass is 312 g/mol. The van der Waals surface area contributed by atoms with Gasteiger partial charge in [-0.1, -0.05) is 12.1 Å². The summed E-state index contributed by atoms with van der Waals surface area (Å²) in [5.41, 5.74) is 6.83. The fourth-order valence-corrected chi connectivity index (χ4v) is 2.88. The van der Waals surface area contributed by atoms with Crippen LogP contribution in [0.15, 0.2) is 47.5 Å². The van der Waals surface area contributed by atoms with Crippen LogP contribution in [0.4, 0.5) is 5.69 Å². The molecular formula is C13H9KN2O3S. The number of rotatable bonds is 1. The van der Waals surface area contributed by atoms with E-state index in [1.807, 2.05) is 0 Å². The second-order valence-corrected chi connectivity index (χ2v) is 5.56. The van der Waals surface area contributed by atoms with Crippen molar-refractivity contribution in [1.82, 2.24) is 4.98 Å². The van der Waals surface area contributed by atoms with Crippen LogP contribution in [0.2, 0.25) is 0 Å². The second-order valence-electron chi connectivity index (χ2n) is 4.21. The van der Waals surface area contributed by atoms with Gasteiger partial charge in [-0.2, -0.15) is 0 Å². The summed E-state index contributed by atoms with van der Waals surface area (Å²) >= 11 is 0. The number of hydrogen-bond donors (Lipinski definition) is 1. The third-order valence-corrected chi connectivity index (χ3v) is 3.84. The predicted molar refractivity (Wildman–Crippen MR) is 71.6 cm³/mol. The van der Waals surface area contributed by atoms with E-state index in [4.69, 9.17) is 5.73 Å². The molecule has 0 aliphatic carbocycles. The minimum atomic E-state index is -4.55. The van der Waals surface area contributed by atoms with E-state index in [9.17, 15) is 13.0 Å². The molecule has 2 N–H and O–H groups in total. The first-order chi connectivity index (χ1) is 8.97. The summed E-state index contributed by atoms with van der Waals surface area (Å²) in [4.78, 5) is 3.97. The molecule has 2 aromatic carbocycles. The van der Waals surface area contributed by atoms with Gasteiger partial charge in [0.2, 0.25) is 0 Å². The number of nitrogens with zero attached hydrogens (tertiary/aromatic N) is 1. The molecule has 0 unspecified atom stereocenters. The standard InChI is InChI=1S/C13H10N2O3S.K/c14-9-3-4-10-11(7-9)13-8(2-1-5-15-13)6-12(10)19(16,17)18;/h1-7H,14H2,(H,16,17,18);/q;+1/p-1. The van der Waals surface area contributed by atoms with E-state index in [2.05, 4.69) is 4.98 Å². The van der Waals surface area contributed by atoms with E-state index >= 15 is 0 Å². The molecule has 0 aliphatic rings. The molecule has 0 fully saturated rings. The Morgan fingerprint density at radius 2 is 1.85 bits per heavy atom. The Morgan fingerprint density at radius 3 is 2.55 bits per heavy atom. The smallest absolute Gasteiger partial charge is 0.744 e. The van der Waals surface area contributed by atoms with Gasteiger partial charge < -0.3 is 10.3 Å². The van der Waals surface area contributed by atoms with Gasteiger partial charge in [-0.3, -0.25) is 4.98 Å². The number of aromatic nitrogens is 1. The summed E-state index contributed by atoms with van der Waals surface area (Å²) in [7, 11) is -4.55. The van der Waals surface area contributed by atoms with Crippen molar-refractivity contribution >= 4 is 37.5 Å². The third-order valence-electron chi connectivity index (χ3n) is 2.96. The zero-order valence-corrected chi connectivity index (χ0v) is 14.6. The average Bonchev–Trinajstić information content (AvgIpc) is 2.36. The van der Waals surface area contributed by atoms with Gasteiger partial charge in [-0.05, 0) is 24.3 Å². The third kappa shape index (κ3) is 2.75. The summed E-state index contributed by atoms with van der Waals surface area (Å²) in [5, 5.41) is 1.50. The molecule has 3 aromatic rings. The molecule has 0 aliphatic heterocycles. The Hall–Kier alpha value is -0.544. The molecule has 0 spiro atoms. The first kappa shape index (κ1) is 15.8. The van der Waals surface area contributed by atoms with Gasteiger partial charge in [-0.25, -0.2) is 8.42 Å². The van der Waals surface area contributed by atoms with Crippen LogP contribution < -0.4 is 57.1 Å². The second kappa shape index (κ2) is 5.68. The SMILES string of the molecule is Nc1ccc2c(S(=O)(=O)[O-])cc3cccnc3c2c1.[K+]. The normalized spacial score (nSPS) is 11.4. The molecule has 0 radical (unpaired) electrons. The Kier molecular flexibility index (Phi) is 4.50. The molecule has 1 aromatic heterocycles. The molecule has 0 bridgehead atoms. The van der Waals surface area contributed by atoms with Crippen molar-refractivity contribution in [2.75, 3.05) is 5.73 Å². The van der Waals surface area contributed by atoms with E-state index in [-0.39, 0.29) is 56.3 Å². The van der Waals surface area contributed by atoms with Gasteiger partial charge in [0.15, 0.2) is 0 Å². The molecule has 1 heterocycles. The Balaban J connectivity index is 0.00000147. The van der Waals surface area contributed by atoms with Crippen molar-refractivity contribution in [2.24, 2.45) is 0 Å². The molecule has 7 heteroatoms. The van der Waals surface area contributed by atoms with Gasteiger partial charge in [0, 0.05) is 28.0 Å². The minimum absolute atomic E-state index is 0. The Bertz CT molecular complexity index is 910. The number of nitrogen functional groups attached to an aromatic ring is 1. The van der Waals surface area contributed by atoms with Crippen LogP contribution in [0.1, 0.15) is 0 Å². The van der Waals surface area contributed by atoms with Crippen LogP contribution in [-0.2, 0) is 10.1 Å². The van der Waals surface area contributed by atoms with Gasteiger partial charge in [-0.15, -0.1) is 0 Å². The van der Waals surface area contributed by atoms with E-state index in [1.165, 1.54) is 12.1 Å². The maximum Gasteiger partial charge on any atom is 1.00 e. The first-order valence-electron chi connectivity index (χ1n) is 5.50. The first-order valence-corrected chi connectivity index (χ1v) is 6.90. The van der Waals surface area contributed by atoms with Crippen molar-refractivity contribution in [2.45, 2.75) is 4.90 Å². The molecule has 20 heavy (non-hydrogen) atoms. The Morgan fingerprint density at radius 1 is 1.10 bits per heavy atom. The zero-order valence-electron chi connectivity index (χ0n) is 10.7. The number of anilines is 1. The Labute approximate surface area is 158 Å². The van der Waals surface area contributed by atoms with Crippen LogP contribution in [0.25, 0.3) is 21.7 Å². The van der Waals surface area contributed by atoms with E-state index in [0.717, 1.165) is 0 Å². The van der Waals surface area contributed by atoms with Crippen LogP contribution in [-0.4, -0.2) is 18.0 Å². The van der Waals surface area contributed by atoms with Gasteiger partial charge in [0.1, 0.15) is 10.1 Å². The van der Waals surface area contributed by atoms with Gasteiger partial charge in [0.25, 0.3) is 0 Å². The molecule has 96 valence electrons. The molecule has 0 atom stereocenters. The van der Waals surface area contributed by atoms with Crippen molar-refractivity contribution in [3.05, 3.63) is 42.6 Å². The summed E-state index contributed by atoms with van der Waals surface area (Å²) in [6, 6.07) is 9.46. The van der Waals surface area contributed by atoms with E-state index in [1.54, 1.807) is 30.5 Å². The maximum absolute atomic E-state index is 11.4. The van der Waals surface area contributed by atoms with E-state index in [0.29, 0.717) is 27.4 Å². The zero-order chi connectivity index (χ0) is 13.6. The molecule has 5 nitrogen and oxygen atoms in total. The topological polar surface area (TPSA) is 96.1 Å². The van der Waals surface area contributed by atoms with Crippen LogP contribution in [0, 0.1) is 0 Å². The molecular weight excluding hydrogens is 303 g/mol. The maximum atomic E-state index is 11.4. The number of fused-ring (bicyclic) bond motifs is 3. The quantitative estimate of drug-likeness (QED) is 0.266. The fraction of sp³-hybridized carbons (Fsp3) is 0. The number of pyridine rings is 1. The number of hydrogen-bond acceptors (Lipinski definition) is 5. The van der Waals surface area contributed by atoms with Crippen LogP contribution >= 0.6 is 0 Å². The molecule has 0 saturated heterocycles. The van der Waals surface area contributed by atoms with Crippen molar-refractivity contribution in [1.29, 1.82) is 0 Å². The number of nitrogens with two attached hydrogens (primary N) is 1. The van der Waals surface area contributed by atoms with Gasteiger partial charge >= 0.3 is 51.4 Å². The average molecular weight is 312 g/mol. The van der Waals surface area contributed by atoms with Crippen LogP contribution in [0.5, 0.6) is 0 Å². The largest absolute Gasteiger partial charge is 1.00 e. The van der Waals surface area contributed by atoms with Crippen LogP contribution in [0.3, 0.4) is 0 Å². The minimum Gasteiger partial charge on any atom is -0.744 e. The fourth-order valence-electron chi connectivity index (χ4n) is 2.16. The summed E-state index contributed by atoms with van der Waals surface area (Å²) in [6.45, 7) is 0. The molecule has 0 amide bonds. The molecule has 3 rings (SSSR count). The number of benzene rings is 2. The summed E-state index contributed by atoms with van der Waals surface area (Å²) in [6.07, 6.45) is 1.61. The summed E-state index contributed by atoms with van der Waals surface area (Å²) in [5.74, 6) is 0. The molecule has 0 saturated carbocycles. The van der Waals surface area contributed by atoms with Gasteiger partial charge in [0.05, 0.1) is 10.4 Å². The predicted octanol–water partition coefficient (Wildman–Crippen LogP) is -1.12. The van der Waals surface area contributed by atoms with Crippen molar-refractivity contribution in [3.8, 4) is 0 Å². The van der Waals surface area contributed by atoms with Crippen molar-refractivity contribution in [3.63, 3.8) is 0 Å². The van der Waals surface area contributed by atoms with E-state index < -0.39 is 10.1 Å². The van der Waals surface area contributed by atoms with Crippen molar-refractivity contribution < 1.29 is 64.4 Å². The summed E-state index contributed by atoms with van der Waals surface area (Å²) < 4.78 is 34.1.